The van der Waals surface area contributed by atoms with Crippen LogP contribution in [-0.2, 0) is 0 Å². The summed E-state index contributed by atoms with van der Waals surface area (Å²) in [5, 5.41) is 11.9. The molecule has 0 aromatic carbocycles. The molecule has 4 heteroatoms. The molecule has 1 aromatic rings. The molecule has 2 aliphatic heterocycles. The summed E-state index contributed by atoms with van der Waals surface area (Å²) >= 11 is 0. The van der Waals surface area contributed by atoms with Crippen molar-refractivity contribution in [1.82, 2.24) is 15.5 Å². The third-order valence-electron chi connectivity index (χ3n) is 4.21. The maximum Gasteiger partial charge on any atom is 0.151 e. The molecule has 3 heterocycles. The monoisotopic (exact) mass is 232 g/mol. The lowest BCUT2D eigenvalue weighted by Gasteiger charge is -2.33. The molecule has 0 amide bonds. The van der Waals surface area contributed by atoms with Crippen LogP contribution in [0.5, 0.6) is 0 Å². The van der Waals surface area contributed by atoms with Gasteiger partial charge in [-0.05, 0) is 56.8 Å². The van der Waals surface area contributed by atoms with E-state index < -0.39 is 0 Å². The molecule has 0 unspecified atom stereocenters. The second-order valence-corrected chi connectivity index (χ2v) is 5.45. The number of rotatable bonds is 1. The zero-order chi connectivity index (χ0) is 11.7. The molecule has 4 nitrogen and oxygen atoms in total. The minimum Gasteiger partial charge on any atom is -0.355 e. The maximum atomic E-state index is 4.30. The second kappa shape index (κ2) is 4.26. The molecular weight excluding hydrogens is 212 g/mol. The van der Waals surface area contributed by atoms with Crippen LogP contribution in [0.15, 0.2) is 12.1 Å². The topological polar surface area (TPSA) is 41.0 Å². The number of anilines is 1. The van der Waals surface area contributed by atoms with Crippen molar-refractivity contribution in [3.63, 3.8) is 0 Å². The van der Waals surface area contributed by atoms with Crippen LogP contribution in [0.1, 0.15) is 25.0 Å². The standard InChI is InChI=1S/C13H20N4/c1-11-2-3-12(16-15-11)17-9-6-13(10-17)4-7-14-8-5-13/h2-3,14H,4-10H2,1H3. The summed E-state index contributed by atoms with van der Waals surface area (Å²) in [7, 11) is 0. The molecule has 17 heavy (non-hydrogen) atoms. The van der Waals surface area contributed by atoms with Crippen molar-refractivity contribution in [3.8, 4) is 0 Å². The largest absolute Gasteiger partial charge is 0.355 e. The predicted molar refractivity (Wildman–Crippen MR) is 68.1 cm³/mol. The Kier molecular flexibility index (Phi) is 2.74. The highest BCUT2D eigenvalue weighted by atomic mass is 15.3. The van der Waals surface area contributed by atoms with E-state index in [0.29, 0.717) is 5.41 Å². The molecule has 1 N–H and O–H groups in total. The third-order valence-corrected chi connectivity index (χ3v) is 4.21. The number of hydrogen-bond acceptors (Lipinski definition) is 4. The first-order valence-electron chi connectivity index (χ1n) is 6.54. The Morgan fingerprint density at radius 3 is 2.71 bits per heavy atom. The van der Waals surface area contributed by atoms with Crippen LogP contribution in [0.25, 0.3) is 0 Å². The lowest BCUT2D eigenvalue weighted by molar-refractivity contribution is 0.232. The second-order valence-electron chi connectivity index (χ2n) is 5.45. The fourth-order valence-corrected chi connectivity index (χ4v) is 3.06. The van der Waals surface area contributed by atoms with Crippen LogP contribution >= 0.6 is 0 Å². The SMILES string of the molecule is Cc1ccc(N2CCC3(CCNCC3)C2)nn1. The molecule has 2 fully saturated rings. The van der Waals surface area contributed by atoms with Crippen LogP contribution in [0, 0.1) is 12.3 Å². The van der Waals surface area contributed by atoms with Gasteiger partial charge in [0.2, 0.25) is 0 Å². The lowest BCUT2D eigenvalue weighted by atomic mass is 9.78. The van der Waals surface area contributed by atoms with Gasteiger partial charge in [-0.15, -0.1) is 5.10 Å². The van der Waals surface area contributed by atoms with Crippen molar-refractivity contribution >= 4 is 5.82 Å². The Morgan fingerprint density at radius 1 is 1.18 bits per heavy atom. The number of aromatic nitrogens is 2. The fraction of sp³-hybridized carbons (Fsp3) is 0.692. The number of nitrogens with zero attached hydrogens (tertiary/aromatic N) is 3. The van der Waals surface area contributed by atoms with Gasteiger partial charge in [-0.1, -0.05) is 0 Å². The Morgan fingerprint density at radius 2 is 2.00 bits per heavy atom. The van der Waals surface area contributed by atoms with Gasteiger partial charge in [0.1, 0.15) is 0 Å². The van der Waals surface area contributed by atoms with E-state index in [4.69, 9.17) is 0 Å². The lowest BCUT2D eigenvalue weighted by Crippen LogP contribution is -2.38. The van der Waals surface area contributed by atoms with E-state index in [1.807, 2.05) is 6.92 Å². The molecule has 0 bridgehead atoms. The van der Waals surface area contributed by atoms with E-state index in [1.165, 1.54) is 32.4 Å². The van der Waals surface area contributed by atoms with E-state index in [2.05, 4.69) is 32.5 Å². The number of piperidine rings is 1. The fourth-order valence-electron chi connectivity index (χ4n) is 3.06. The predicted octanol–water partition coefficient (Wildman–Crippen LogP) is 1.36. The van der Waals surface area contributed by atoms with Gasteiger partial charge in [-0.3, -0.25) is 0 Å². The van der Waals surface area contributed by atoms with Crippen LogP contribution in [0.2, 0.25) is 0 Å². The molecule has 92 valence electrons. The molecule has 0 atom stereocenters. The zero-order valence-electron chi connectivity index (χ0n) is 10.4. The van der Waals surface area contributed by atoms with Crippen LogP contribution in [0.3, 0.4) is 0 Å². The summed E-state index contributed by atoms with van der Waals surface area (Å²) in [6.45, 7) is 6.63. The first kappa shape index (κ1) is 11.0. The highest BCUT2D eigenvalue weighted by Gasteiger charge is 2.39. The van der Waals surface area contributed by atoms with Gasteiger partial charge in [0.15, 0.2) is 5.82 Å². The van der Waals surface area contributed by atoms with Gasteiger partial charge in [0.25, 0.3) is 0 Å². The first-order valence-corrected chi connectivity index (χ1v) is 6.54. The summed E-state index contributed by atoms with van der Waals surface area (Å²) < 4.78 is 0. The van der Waals surface area contributed by atoms with Crippen molar-refractivity contribution in [2.45, 2.75) is 26.2 Å². The minimum absolute atomic E-state index is 0.540. The van der Waals surface area contributed by atoms with E-state index >= 15 is 0 Å². The first-order chi connectivity index (χ1) is 8.27. The molecule has 2 saturated heterocycles. The van der Waals surface area contributed by atoms with E-state index in [9.17, 15) is 0 Å². The van der Waals surface area contributed by atoms with Crippen molar-refractivity contribution in [3.05, 3.63) is 17.8 Å². The zero-order valence-corrected chi connectivity index (χ0v) is 10.4. The van der Waals surface area contributed by atoms with Crippen molar-refractivity contribution in [2.24, 2.45) is 5.41 Å². The molecule has 0 saturated carbocycles. The number of hydrogen-bond donors (Lipinski definition) is 1. The minimum atomic E-state index is 0.540. The van der Waals surface area contributed by atoms with E-state index in [0.717, 1.165) is 24.6 Å². The molecule has 2 aliphatic rings. The maximum absolute atomic E-state index is 4.30. The summed E-state index contributed by atoms with van der Waals surface area (Å²) in [5.74, 6) is 1.05. The van der Waals surface area contributed by atoms with Crippen molar-refractivity contribution in [1.29, 1.82) is 0 Å². The summed E-state index contributed by atoms with van der Waals surface area (Å²) in [5.41, 5.74) is 1.53. The average molecular weight is 232 g/mol. The van der Waals surface area contributed by atoms with Crippen LogP contribution in [-0.4, -0.2) is 36.4 Å². The quantitative estimate of drug-likeness (QED) is 0.794. The van der Waals surface area contributed by atoms with Gasteiger partial charge < -0.3 is 10.2 Å². The molecule has 3 rings (SSSR count). The average Bonchev–Trinajstić information content (AvgIpc) is 2.75. The number of nitrogens with one attached hydrogen (secondary N) is 1. The molecule has 0 radical (unpaired) electrons. The Balaban J connectivity index is 1.72. The van der Waals surface area contributed by atoms with E-state index in [-0.39, 0.29) is 0 Å². The normalized spacial score (nSPS) is 23.2. The third kappa shape index (κ3) is 2.14. The molecule has 1 aromatic heterocycles. The van der Waals surface area contributed by atoms with Gasteiger partial charge in [-0.2, -0.15) is 5.10 Å². The highest BCUT2D eigenvalue weighted by molar-refractivity contribution is 5.39. The number of aryl methyl sites for hydroxylation is 1. The smallest absolute Gasteiger partial charge is 0.151 e. The molecule has 0 aliphatic carbocycles. The van der Waals surface area contributed by atoms with Crippen LogP contribution in [0.4, 0.5) is 5.82 Å². The highest BCUT2D eigenvalue weighted by Crippen LogP contribution is 2.39. The Hall–Kier alpha value is -1.16. The van der Waals surface area contributed by atoms with E-state index in [1.54, 1.807) is 0 Å². The van der Waals surface area contributed by atoms with Gasteiger partial charge in [-0.25, -0.2) is 0 Å². The summed E-state index contributed by atoms with van der Waals surface area (Å²) in [6.07, 6.45) is 3.93. The Bertz CT molecular complexity index is 381. The molecular formula is C13H20N4. The molecule has 1 spiro atoms. The summed E-state index contributed by atoms with van der Waals surface area (Å²) in [4.78, 5) is 2.40. The van der Waals surface area contributed by atoms with Crippen molar-refractivity contribution < 1.29 is 0 Å². The Labute approximate surface area is 102 Å². The van der Waals surface area contributed by atoms with Gasteiger partial charge >= 0.3 is 0 Å². The van der Waals surface area contributed by atoms with Crippen LogP contribution < -0.4 is 10.2 Å². The summed E-state index contributed by atoms with van der Waals surface area (Å²) in [6, 6.07) is 4.15. The van der Waals surface area contributed by atoms with Gasteiger partial charge in [0, 0.05) is 13.1 Å². The van der Waals surface area contributed by atoms with Crippen molar-refractivity contribution in [2.75, 3.05) is 31.1 Å². The van der Waals surface area contributed by atoms with Gasteiger partial charge in [0.05, 0.1) is 5.69 Å².